The van der Waals surface area contributed by atoms with Crippen molar-refractivity contribution in [3.63, 3.8) is 0 Å². The number of nitrogens with zero attached hydrogens (tertiary/aromatic N) is 1. The van der Waals surface area contributed by atoms with Crippen LogP contribution in [-0.4, -0.2) is 28.3 Å². The van der Waals surface area contributed by atoms with Gasteiger partial charge in [-0.05, 0) is 31.7 Å². The summed E-state index contributed by atoms with van der Waals surface area (Å²) < 4.78 is 0. The van der Waals surface area contributed by atoms with Gasteiger partial charge in [0.25, 0.3) is 5.56 Å². The molecule has 1 aromatic carbocycles. The lowest BCUT2D eigenvalue weighted by atomic mass is 9.99. The molecule has 0 amide bonds. The molecule has 20 heavy (non-hydrogen) atoms. The van der Waals surface area contributed by atoms with E-state index >= 15 is 0 Å². The number of fused-ring (bicyclic) bond motifs is 3. The Morgan fingerprint density at radius 3 is 2.55 bits per heavy atom. The van der Waals surface area contributed by atoms with Crippen molar-refractivity contribution in [3.8, 4) is 0 Å². The second kappa shape index (κ2) is 4.59. The molecule has 0 unspecified atom stereocenters. The molecule has 3 atom stereocenters. The van der Waals surface area contributed by atoms with E-state index in [9.17, 15) is 4.79 Å². The minimum absolute atomic E-state index is 0.128. The average molecular weight is 270 g/mol. The third-order valence-corrected chi connectivity index (χ3v) is 4.51. The molecule has 5 heteroatoms. The van der Waals surface area contributed by atoms with Gasteiger partial charge in [-0.1, -0.05) is 18.2 Å². The number of nitrogens with one attached hydrogen (secondary N) is 3. The van der Waals surface area contributed by atoms with E-state index in [1.807, 2.05) is 24.3 Å². The first-order valence-corrected chi connectivity index (χ1v) is 7.29. The highest BCUT2D eigenvalue weighted by atomic mass is 16.1. The number of hydrogen-bond donors (Lipinski definition) is 3. The zero-order valence-corrected chi connectivity index (χ0v) is 11.2. The fourth-order valence-corrected chi connectivity index (χ4v) is 3.59. The monoisotopic (exact) mass is 270 g/mol. The molecule has 0 spiro atoms. The van der Waals surface area contributed by atoms with Crippen molar-refractivity contribution in [2.75, 3.05) is 5.32 Å². The minimum Gasteiger partial charge on any atom is -0.365 e. The molecule has 0 radical (unpaired) electrons. The molecular weight excluding hydrogens is 252 g/mol. The molecule has 3 N–H and O–H groups in total. The van der Waals surface area contributed by atoms with E-state index in [4.69, 9.17) is 0 Å². The van der Waals surface area contributed by atoms with Gasteiger partial charge >= 0.3 is 0 Å². The highest BCUT2D eigenvalue weighted by molar-refractivity contribution is 5.90. The van der Waals surface area contributed by atoms with Gasteiger partial charge in [-0.2, -0.15) is 5.10 Å². The van der Waals surface area contributed by atoms with Gasteiger partial charge in [0.1, 0.15) is 0 Å². The predicted molar refractivity (Wildman–Crippen MR) is 79.0 cm³/mol. The molecule has 104 valence electrons. The Morgan fingerprint density at radius 2 is 1.80 bits per heavy atom. The molecule has 2 aliphatic rings. The maximum absolute atomic E-state index is 11.8. The summed E-state index contributed by atoms with van der Waals surface area (Å²) in [4.78, 5) is 11.8. The Labute approximate surface area is 116 Å². The number of aromatic nitrogens is 2. The van der Waals surface area contributed by atoms with Gasteiger partial charge in [-0.3, -0.25) is 4.79 Å². The molecule has 2 bridgehead atoms. The molecular formula is C15H18N4O. The van der Waals surface area contributed by atoms with Crippen molar-refractivity contribution in [2.24, 2.45) is 0 Å². The van der Waals surface area contributed by atoms with E-state index in [2.05, 4.69) is 20.8 Å². The zero-order chi connectivity index (χ0) is 13.5. The second-order valence-corrected chi connectivity index (χ2v) is 5.90. The second-order valence-electron chi connectivity index (χ2n) is 5.90. The van der Waals surface area contributed by atoms with Crippen LogP contribution in [0, 0.1) is 0 Å². The van der Waals surface area contributed by atoms with Crippen molar-refractivity contribution in [1.82, 2.24) is 15.5 Å². The van der Waals surface area contributed by atoms with Gasteiger partial charge < -0.3 is 10.6 Å². The summed E-state index contributed by atoms with van der Waals surface area (Å²) in [6.45, 7) is 0. The lowest BCUT2D eigenvalue weighted by Crippen LogP contribution is -2.43. The van der Waals surface area contributed by atoms with Gasteiger partial charge in [0.05, 0.1) is 5.39 Å². The molecule has 1 aromatic heterocycles. The number of aromatic amines is 1. The van der Waals surface area contributed by atoms with Crippen LogP contribution in [-0.2, 0) is 0 Å². The van der Waals surface area contributed by atoms with Crippen LogP contribution in [0.1, 0.15) is 25.7 Å². The highest BCUT2D eigenvalue weighted by Gasteiger charge is 2.33. The van der Waals surface area contributed by atoms with E-state index in [0.717, 1.165) is 24.0 Å². The number of H-pyrrole nitrogens is 1. The Morgan fingerprint density at radius 1 is 1.10 bits per heavy atom. The summed E-state index contributed by atoms with van der Waals surface area (Å²) in [5.41, 5.74) is -0.128. The summed E-state index contributed by atoms with van der Waals surface area (Å²) >= 11 is 0. The molecule has 2 saturated heterocycles. The lowest BCUT2D eigenvalue weighted by molar-refractivity contribution is 0.377. The normalized spacial score (nSPS) is 28.7. The molecule has 2 fully saturated rings. The van der Waals surface area contributed by atoms with Crippen molar-refractivity contribution in [2.45, 2.75) is 43.8 Å². The zero-order valence-electron chi connectivity index (χ0n) is 11.2. The van der Waals surface area contributed by atoms with Gasteiger partial charge in [-0.25, -0.2) is 5.10 Å². The van der Waals surface area contributed by atoms with Crippen LogP contribution in [0.3, 0.4) is 0 Å². The van der Waals surface area contributed by atoms with Crippen LogP contribution in [0.15, 0.2) is 29.1 Å². The molecule has 3 heterocycles. The van der Waals surface area contributed by atoms with Crippen molar-refractivity contribution >= 4 is 16.6 Å². The lowest BCUT2D eigenvalue weighted by Gasteiger charge is -2.30. The summed E-state index contributed by atoms with van der Waals surface area (Å²) in [6, 6.07) is 9.34. The maximum atomic E-state index is 11.8. The van der Waals surface area contributed by atoms with E-state index in [1.54, 1.807) is 0 Å². The number of benzene rings is 1. The number of anilines is 1. The molecule has 0 aliphatic carbocycles. The first kappa shape index (κ1) is 11.9. The van der Waals surface area contributed by atoms with Crippen LogP contribution in [0.2, 0.25) is 0 Å². The fraction of sp³-hybridized carbons (Fsp3) is 0.467. The first-order chi connectivity index (χ1) is 9.79. The Hall–Kier alpha value is -1.88. The fourth-order valence-electron chi connectivity index (χ4n) is 3.59. The van der Waals surface area contributed by atoms with Crippen LogP contribution in [0.5, 0.6) is 0 Å². The van der Waals surface area contributed by atoms with E-state index in [-0.39, 0.29) is 5.56 Å². The topological polar surface area (TPSA) is 69.8 Å². The Bertz CT molecular complexity index is 684. The predicted octanol–water partition coefficient (Wildman–Crippen LogP) is 1.62. The summed E-state index contributed by atoms with van der Waals surface area (Å²) in [5.74, 6) is 0.798. The molecule has 5 nitrogen and oxygen atoms in total. The molecule has 0 saturated carbocycles. The molecule has 2 aliphatic heterocycles. The SMILES string of the molecule is O=c1[nH]nc(N[C@H]2C[C@H]3CC[C@@H](C2)N3)c2ccccc12. The smallest absolute Gasteiger partial charge is 0.272 e. The minimum atomic E-state index is -0.128. The van der Waals surface area contributed by atoms with Crippen LogP contribution >= 0.6 is 0 Å². The summed E-state index contributed by atoms with van der Waals surface area (Å²) in [5, 5.41) is 15.6. The highest BCUT2D eigenvalue weighted by Crippen LogP contribution is 2.29. The average Bonchev–Trinajstić information content (AvgIpc) is 2.81. The number of rotatable bonds is 2. The Kier molecular flexibility index (Phi) is 2.73. The maximum Gasteiger partial charge on any atom is 0.272 e. The first-order valence-electron chi connectivity index (χ1n) is 7.29. The van der Waals surface area contributed by atoms with Crippen LogP contribution in [0.4, 0.5) is 5.82 Å². The molecule has 2 aromatic rings. The summed E-state index contributed by atoms with van der Waals surface area (Å²) in [7, 11) is 0. The van der Waals surface area contributed by atoms with Crippen molar-refractivity contribution in [1.29, 1.82) is 0 Å². The van der Waals surface area contributed by atoms with Gasteiger partial charge in [-0.15, -0.1) is 0 Å². The third-order valence-electron chi connectivity index (χ3n) is 4.51. The number of piperidine rings is 1. The van der Waals surface area contributed by atoms with Crippen LogP contribution in [0.25, 0.3) is 10.8 Å². The quantitative estimate of drug-likeness (QED) is 0.775. The number of hydrogen-bond acceptors (Lipinski definition) is 4. The largest absolute Gasteiger partial charge is 0.365 e. The Balaban J connectivity index is 1.66. The van der Waals surface area contributed by atoms with Crippen molar-refractivity contribution < 1.29 is 0 Å². The van der Waals surface area contributed by atoms with Crippen LogP contribution < -0.4 is 16.2 Å². The van der Waals surface area contributed by atoms with E-state index < -0.39 is 0 Å². The van der Waals surface area contributed by atoms with Gasteiger partial charge in [0.2, 0.25) is 0 Å². The van der Waals surface area contributed by atoms with E-state index in [0.29, 0.717) is 23.5 Å². The third kappa shape index (κ3) is 1.98. The van der Waals surface area contributed by atoms with E-state index in [1.165, 1.54) is 12.8 Å². The molecule has 4 rings (SSSR count). The van der Waals surface area contributed by atoms with Gasteiger partial charge in [0.15, 0.2) is 5.82 Å². The van der Waals surface area contributed by atoms with Crippen molar-refractivity contribution in [3.05, 3.63) is 34.6 Å². The summed E-state index contributed by atoms with van der Waals surface area (Å²) in [6.07, 6.45) is 4.82. The standard InChI is InChI=1S/C15H18N4O/c20-15-13-4-2-1-3-12(13)14(18-19-15)17-11-7-9-5-6-10(8-11)16-9/h1-4,9-11,16H,5-8H2,(H,17,18)(H,19,20)/t9-,10+,11+. The van der Waals surface area contributed by atoms with Gasteiger partial charge in [0, 0.05) is 23.5 Å².